The van der Waals surface area contributed by atoms with Gasteiger partial charge in [0.15, 0.2) is 0 Å². The molecular weight excluding hydrogens is 262 g/mol. The van der Waals surface area contributed by atoms with Crippen molar-refractivity contribution >= 4 is 5.82 Å². The fourth-order valence-electron chi connectivity index (χ4n) is 3.57. The summed E-state index contributed by atoms with van der Waals surface area (Å²) < 4.78 is 5.98. The van der Waals surface area contributed by atoms with E-state index in [2.05, 4.69) is 36.2 Å². The number of rotatable bonds is 4. The Bertz CT molecular complexity index is 529. The molecule has 2 aliphatic heterocycles. The number of ether oxygens (including phenoxy) is 1. The van der Waals surface area contributed by atoms with Crippen LogP contribution in [0, 0.1) is 5.92 Å². The van der Waals surface area contributed by atoms with Crippen LogP contribution < -0.4 is 10.2 Å². The van der Waals surface area contributed by atoms with Crippen molar-refractivity contribution in [2.45, 2.75) is 51.3 Å². The number of nitrogens with one attached hydrogen (secondary N) is 1. The quantitative estimate of drug-likeness (QED) is 0.922. The summed E-state index contributed by atoms with van der Waals surface area (Å²) >= 11 is 0. The molecular formula is C17H25N3O. The number of pyridine rings is 1. The third-order valence-corrected chi connectivity index (χ3v) is 5.06. The maximum atomic E-state index is 5.98. The first kappa shape index (κ1) is 13.5. The summed E-state index contributed by atoms with van der Waals surface area (Å²) in [6, 6.07) is 5.52. The molecule has 21 heavy (non-hydrogen) atoms. The standard InChI is InChI=1S/C17H25N3O/c1-11-8-18-9-15-7-14-5-6-16(19-17(14)20(11)15)12(2)21-10-13-3-4-13/h5-6,11-13,15,18H,3-4,7-10H2,1-2H3/t11-,12?,15-/m1/s1. The van der Waals surface area contributed by atoms with Crippen LogP contribution in [0.15, 0.2) is 12.1 Å². The molecule has 1 aliphatic carbocycles. The minimum atomic E-state index is 0.105. The molecule has 3 aliphatic rings. The lowest BCUT2D eigenvalue weighted by atomic mass is 10.1. The monoisotopic (exact) mass is 287 g/mol. The molecule has 1 unspecified atom stereocenters. The molecule has 3 atom stereocenters. The average Bonchev–Trinajstić information content (AvgIpc) is 3.23. The molecule has 0 aromatic carbocycles. The highest BCUT2D eigenvalue weighted by molar-refractivity contribution is 5.56. The first-order chi connectivity index (χ1) is 10.2. The lowest BCUT2D eigenvalue weighted by Gasteiger charge is -2.37. The number of nitrogens with zero attached hydrogens (tertiary/aromatic N) is 2. The van der Waals surface area contributed by atoms with Crippen LogP contribution in [-0.2, 0) is 11.2 Å². The lowest BCUT2D eigenvalue weighted by Crippen LogP contribution is -2.55. The van der Waals surface area contributed by atoms with Gasteiger partial charge in [-0.05, 0) is 50.7 Å². The second kappa shape index (κ2) is 5.25. The predicted octanol–water partition coefficient (Wildman–Crippen LogP) is 2.29. The minimum absolute atomic E-state index is 0.105. The second-order valence-corrected chi connectivity index (χ2v) is 6.91. The largest absolute Gasteiger partial charge is 0.372 e. The maximum absolute atomic E-state index is 5.98. The Balaban J connectivity index is 1.54. The zero-order valence-corrected chi connectivity index (χ0v) is 13.0. The Hall–Kier alpha value is -1.13. The average molecular weight is 287 g/mol. The Morgan fingerprint density at radius 1 is 1.38 bits per heavy atom. The van der Waals surface area contributed by atoms with E-state index >= 15 is 0 Å². The normalized spacial score (nSPS) is 29.1. The molecule has 1 N–H and O–H groups in total. The van der Waals surface area contributed by atoms with Gasteiger partial charge in [-0.15, -0.1) is 0 Å². The number of anilines is 1. The summed E-state index contributed by atoms with van der Waals surface area (Å²) in [5.74, 6) is 2.01. The van der Waals surface area contributed by atoms with Crippen LogP contribution in [0.2, 0.25) is 0 Å². The molecule has 3 heterocycles. The number of fused-ring (bicyclic) bond motifs is 3. The van der Waals surface area contributed by atoms with E-state index in [1.165, 1.54) is 24.2 Å². The number of aromatic nitrogens is 1. The summed E-state index contributed by atoms with van der Waals surface area (Å²) in [6.07, 6.45) is 3.90. The molecule has 1 aromatic heterocycles. The SMILES string of the molecule is CC(OCC1CC1)c1ccc2c(n1)N1[C@@H](CNC[C@H]1C)C2. The first-order valence-electron chi connectivity index (χ1n) is 8.33. The van der Waals surface area contributed by atoms with Crippen LogP contribution in [0.3, 0.4) is 0 Å². The van der Waals surface area contributed by atoms with Gasteiger partial charge in [0.1, 0.15) is 5.82 Å². The van der Waals surface area contributed by atoms with Gasteiger partial charge in [-0.25, -0.2) is 4.98 Å². The third-order valence-electron chi connectivity index (χ3n) is 5.06. The van der Waals surface area contributed by atoms with Crippen molar-refractivity contribution in [1.82, 2.24) is 10.3 Å². The van der Waals surface area contributed by atoms with Gasteiger partial charge in [0.25, 0.3) is 0 Å². The van der Waals surface area contributed by atoms with E-state index in [1.807, 2.05) is 0 Å². The minimum Gasteiger partial charge on any atom is -0.372 e. The molecule has 1 saturated carbocycles. The molecule has 0 amide bonds. The Morgan fingerprint density at radius 3 is 3.05 bits per heavy atom. The Kier molecular flexibility index (Phi) is 3.38. The summed E-state index contributed by atoms with van der Waals surface area (Å²) in [7, 11) is 0. The summed E-state index contributed by atoms with van der Waals surface area (Å²) in [5.41, 5.74) is 2.48. The molecule has 0 bridgehead atoms. The molecule has 4 rings (SSSR count). The third kappa shape index (κ3) is 2.55. The molecule has 4 nitrogen and oxygen atoms in total. The summed E-state index contributed by atoms with van der Waals surface area (Å²) in [6.45, 7) is 7.44. The molecule has 4 heteroatoms. The van der Waals surface area contributed by atoms with Gasteiger partial charge >= 0.3 is 0 Å². The van der Waals surface area contributed by atoms with Crippen molar-refractivity contribution in [1.29, 1.82) is 0 Å². The molecule has 114 valence electrons. The van der Waals surface area contributed by atoms with Crippen LogP contribution in [0.5, 0.6) is 0 Å². The topological polar surface area (TPSA) is 37.4 Å². The van der Waals surface area contributed by atoms with E-state index in [1.54, 1.807) is 0 Å². The number of hydrogen-bond donors (Lipinski definition) is 1. The van der Waals surface area contributed by atoms with Crippen molar-refractivity contribution in [3.05, 3.63) is 23.4 Å². The van der Waals surface area contributed by atoms with Gasteiger partial charge in [-0.2, -0.15) is 0 Å². The van der Waals surface area contributed by atoms with E-state index in [-0.39, 0.29) is 6.10 Å². The van der Waals surface area contributed by atoms with E-state index in [0.717, 1.165) is 37.7 Å². The Morgan fingerprint density at radius 2 is 2.24 bits per heavy atom. The zero-order chi connectivity index (χ0) is 14.4. The summed E-state index contributed by atoms with van der Waals surface area (Å²) in [4.78, 5) is 7.48. The van der Waals surface area contributed by atoms with Crippen LogP contribution >= 0.6 is 0 Å². The highest BCUT2D eigenvalue weighted by Gasteiger charge is 2.36. The highest BCUT2D eigenvalue weighted by atomic mass is 16.5. The molecule has 0 radical (unpaired) electrons. The van der Waals surface area contributed by atoms with E-state index in [9.17, 15) is 0 Å². The van der Waals surface area contributed by atoms with E-state index < -0.39 is 0 Å². The lowest BCUT2D eigenvalue weighted by molar-refractivity contribution is 0.0552. The smallest absolute Gasteiger partial charge is 0.132 e. The van der Waals surface area contributed by atoms with E-state index in [0.29, 0.717) is 12.1 Å². The van der Waals surface area contributed by atoms with Crippen molar-refractivity contribution in [2.24, 2.45) is 5.92 Å². The van der Waals surface area contributed by atoms with Crippen molar-refractivity contribution in [3.8, 4) is 0 Å². The maximum Gasteiger partial charge on any atom is 0.132 e. The first-order valence-corrected chi connectivity index (χ1v) is 8.33. The van der Waals surface area contributed by atoms with Crippen LogP contribution in [0.1, 0.15) is 44.1 Å². The molecule has 0 spiro atoms. The van der Waals surface area contributed by atoms with Crippen molar-refractivity contribution in [3.63, 3.8) is 0 Å². The zero-order valence-electron chi connectivity index (χ0n) is 13.0. The molecule has 2 fully saturated rings. The highest BCUT2D eigenvalue weighted by Crippen LogP contribution is 2.35. The number of piperazine rings is 1. The van der Waals surface area contributed by atoms with Crippen LogP contribution in [0.25, 0.3) is 0 Å². The molecule has 1 aromatic rings. The van der Waals surface area contributed by atoms with Gasteiger partial charge in [0, 0.05) is 25.2 Å². The van der Waals surface area contributed by atoms with Crippen LogP contribution in [0.4, 0.5) is 5.82 Å². The van der Waals surface area contributed by atoms with Gasteiger partial charge in [0.05, 0.1) is 18.4 Å². The second-order valence-electron chi connectivity index (χ2n) is 6.91. The number of hydrogen-bond acceptors (Lipinski definition) is 4. The Labute approximate surface area is 126 Å². The van der Waals surface area contributed by atoms with Crippen LogP contribution in [-0.4, -0.2) is 36.8 Å². The van der Waals surface area contributed by atoms with Gasteiger partial charge < -0.3 is 15.0 Å². The van der Waals surface area contributed by atoms with Crippen molar-refractivity contribution in [2.75, 3.05) is 24.6 Å². The predicted molar refractivity (Wildman–Crippen MR) is 83.6 cm³/mol. The van der Waals surface area contributed by atoms with Gasteiger partial charge in [0.2, 0.25) is 0 Å². The molecule has 1 saturated heterocycles. The summed E-state index contributed by atoms with van der Waals surface area (Å²) in [5, 5.41) is 3.52. The fourth-order valence-corrected chi connectivity index (χ4v) is 3.57. The fraction of sp³-hybridized carbons (Fsp3) is 0.706. The van der Waals surface area contributed by atoms with Crippen molar-refractivity contribution < 1.29 is 4.74 Å². The van der Waals surface area contributed by atoms with Gasteiger partial charge in [-0.1, -0.05) is 6.07 Å². The van der Waals surface area contributed by atoms with Gasteiger partial charge in [-0.3, -0.25) is 0 Å². The van der Waals surface area contributed by atoms with E-state index in [4.69, 9.17) is 9.72 Å².